The summed E-state index contributed by atoms with van der Waals surface area (Å²) in [5, 5.41) is 0. The molecule has 0 atom stereocenters. The number of hydrogen-bond acceptors (Lipinski definition) is 7. The lowest BCUT2D eigenvalue weighted by molar-refractivity contribution is -0.110. The molecule has 37 heavy (non-hydrogen) atoms. The van der Waals surface area contributed by atoms with Crippen molar-refractivity contribution in [2.45, 2.75) is 6.42 Å². The second kappa shape index (κ2) is 11.1. The summed E-state index contributed by atoms with van der Waals surface area (Å²) in [7, 11) is 9.37. The average molecular weight is 503 g/mol. The summed E-state index contributed by atoms with van der Waals surface area (Å²) in [6, 6.07) is 15.2. The van der Waals surface area contributed by atoms with Gasteiger partial charge < -0.3 is 28.4 Å². The lowest BCUT2D eigenvalue weighted by atomic mass is 9.81. The first-order valence-corrected chi connectivity index (χ1v) is 11.6. The molecule has 0 heterocycles. The lowest BCUT2D eigenvalue weighted by Crippen LogP contribution is -2.16. The van der Waals surface area contributed by atoms with Crippen molar-refractivity contribution in [3.05, 3.63) is 76.4 Å². The number of rotatable bonds is 8. The van der Waals surface area contributed by atoms with E-state index in [0.29, 0.717) is 52.1 Å². The first-order chi connectivity index (χ1) is 18.0. The first kappa shape index (κ1) is 25.7. The summed E-state index contributed by atoms with van der Waals surface area (Å²) in [5.74, 6) is 2.98. The molecule has 0 spiro atoms. The molecule has 0 amide bonds. The Balaban J connectivity index is 1.86. The topological polar surface area (TPSA) is 72.5 Å². The number of ether oxygens (including phenoxy) is 6. The van der Waals surface area contributed by atoms with Crippen molar-refractivity contribution in [2.75, 3.05) is 42.7 Å². The molecule has 0 N–H and O–H groups in total. The number of ketones is 1. The molecule has 0 radical (unpaired) electrons. The zero-order valence-corrected chi connectivity index (χ0v) is 21.8. The van der Waals surface area contributed by atoms with Gasteiger partial charge in [0.05, 0.1) is 42.7 Å². The average Bonchev–Trinajstić information content (AvgIpc) is 2.93. The number of hydrogen-bond donors (Lipinski definition) is 0. The van der Waals surface area contributed by atoms with Crippen molar-refractivity contribution in [3.8, 4) is 34.5 Å². The maximum Gasteiger partial charge on any atom is 0.203 e. The third-order valence-electron chi connectivity index (χ3n) is 6.25. The molecule has 3 aromatic carbocycles. The second-order valence-corrected chi connectivity index (χ2v) is 8.31. The van der Waals surface area contributed by atoms with E-state index in [4.69, 9.17) is 28.4 Å². The van der Waals surface area contributed by atoms with Gasteiger partial charge in [-0.05, 0) is 58.7 Å². The summed E-state index contributed by atoms with van der Waals surface area (Å²) < 4.78 is 32.9. The van der Waals surface area contributed by atoms with E-state index in [9.17, 15) is 4.79 Å². The smallest absolute Gasteiger partial charge is 0.203 e. The van der Waals surface area contributed by atoms with Crippen LogP contribution in [-0.4, -0.2) is 48.4 Å². The third kappa shape index (κ3) is 4.98. The van der Waals surface area contributed by atoms with Gasteiger partial charge in [-0.15, -0.1) is 0 Å². The molecule has 3 aromatic rings. The van der Waals surface area contributed by atoms with Crippen LogP contribution in [0.1, 0.15) is 22.3 Å². The van der Waals surface area contributed by atoms with Gasteiger partial charge in [0.2, 0.25) is 11.5 Å². The van der Waals surface area contributed by atoms with Gasteiger partial charge in [0.25, 0.3) is 0 Å². The SMILES string of the molecule is COc1cc(/C=C2\Cc3ccccc3/C(=C\c3cc(OC)c(OC)c(OC)c3)C2=O)cc(OC)c1OC. The number of Topliss-reactive ketones (excluding diaryl/α,β-unsaturated/α-hetero) is 1. The number of allylic oxidation sites excluding steroid dienone is 2. The molecular formula is C30H30O7. The highest BCUT2D eigenvalue weighted by atomic mass is 16.5. The monoisotopic (exact) mass is 502 g/mol. The minimum atomic E-state index is -0.0683. The molecule has 0 saturated heterocycles. The van der Waals surface area contributed by atoms with Gasteiger partial charge in [0, 0.05) is 17.6 Å². The zero-order valence-electron chi connectivity index (χ0n) is 21.8. The largest absolute Gasteiger partial charge is 0.493 e. The van der Waals surface area contributed by atoms with Gasteiger partial charge in [-0.3, -0.25) is 4.79 Å². The first-order valence-electron chi connectivity index (χ1n) is 11.6. The Morgan fingerprint density at radius 3 is 1.54 bits per heavy atom. The van der Waals surface area contributed by atoms with Crippen LogP contribution in [0.3, 0.4) is 0 Å². The fourth-order valence-electron chi connectivity index (χ4n) is 4.52. The van der Waals surface area contributed by atoms with E-state index in [0.717, 1.165) is 22.3 Å². The number of fused-ring (bicyclic) bond motifs is 1. The quantitative estimate of drug-likeness (QED) is 0.377. The maximum absolute atomic E-state index is 13.9. The minimum Gasteiger partial charge on any atom is -0.493 e. The molecule has 4 rings (SSSR count). The Bertz CT molecular complexity index is 1330. The van der Waals surface area contributed by atoms with Crippen molar-refractivity contribution >= 4 is 23.5 Å². The zero-order chi connectivity index (χ0) is 26.5. The second-order valence-electron chi connectivity index (χ2n) is 8.31. The highest BCUT2D eigenvalue weighted by Gasteiger charge is 2.26. The van der Waals surface area contributed by atoms with Crippen LogP contribution in [0.25, 0.3) is 17.7 Å². The third-order valence-corrected chi connectivity index (χ3v) is 6.25. The fraction of sp³-hybridized carbons (Fsp3) is 0.233. The van der Waals surface area contributed by atoms with E-state index in [-0.39, 0.29) is 5.78 Å². The van der Waals surface area contributed by atoms with Crippen molar-refractivity contribution in [3.63, 3.8) is 0 Å². The van der Waals surface area contributed by atoms with Crippen LogP contribution in [-0.2, 0) is 11.2 Å². The normalized spacial score (nSPS) is 14.8. The molecular weight excluding hydrogens is 472 g/mol. The predicted octanol–water partition coefficient (Wildman–Crippen LogP) is 5.49. The van der Waals surface area contributed by atoms with Crippen molar-refractivity contribution in [2.24, 2.45) is 0 Å². The van der Waals surface area contributed by atoms with Crippen LogP contribution in [0.2, 0.25) is 0 Å². The maximum atomic E-state index is 13.9. The molecule has 1 aliphatic carbocycles. The van der Waals surface area contributed by atoms with E-state index < -0.39 is 0 Å². The van der Waals surface area contributed by atoms with Gasteiger partial charge in [-0.25, -0.2) is 0 Å². The van der Waals surface area contributed by atoms with Gasteiger partial charge in [0.1, 0.15) is 0 Å². The highest BCUT2D eigenvalue weighted by molar-refractivity contribution is 6.35. The highest BCUT2D eigenvalue weighted by Crippen LogP contribution is 2.42. The molecule has 0 saturated carbocycles. The molecule has 0 aromatic heterocycles. The lowest BCUT2D eigenvalue weighted by Gasteiger charge is -2.21. The van der Waals surface area contributed by atoms with E-state index in [1.807, 2.05) is 60.7 Å². The molecule has 0 aliphatic heterocycles. The molecule has 192 valence electrons. The molecule has 0 fully saturated rings. The van der Waals surface area contributed by atoms with Gasteiger partial charge in [-0.1, -0.05) is 24.3 Å². The summed E-state index contributed by atoms with van der Waals surface area (Å²) in [5.41, 5.74) is 4.69. The van der Waals surface area contributed by atoms with Crippen LogP contribution < -0.4 is 28.4 Å². The summed E-state index contributed by atoms with van der Waals surface area (Å²) >= 11 is 0. The number of methoxy groups -OCH3 is 6. The molecule has 0 unspecified atom stereocenters. The van der Waals surface area contributed by atoms with Crippen molar-refractivity contribution in [1.82, 2.24) is 0 Å². The summed E-state index contributed by atoms with van der Waals surface area (Å²) in [6.45, 7) is 0. The summed E-state index contributed by atoms with van der Waals surface area (Å²) in [6.07, 6.45) is 4.22. The van der Waals surface area contributed by atoms with Crippen LogP contribution in [0.4, 0.5) is 0 Å². The van der Waals surface area contributed by atoms with E-state index in [2.05, 4.69) is 0 Å². The fourth-order valence-corrected chi connectivity index (χ4v) is 4.52. The number of carbonyl (C=O) groups excluding carboxylic acids is 1. The van der Waals surface area contributed by atoms with Gasteiger partial charge >= 0.3 is 0 Å². The molecule has 7 nitrogen and oxygen atoms in total. The Morgan fingerprint density at radius 1 is 0.622 bits per heavy atom. The predicted molar refractivity (Wildman–Crippen MR) is 143 cm³/mol. The standard InChI is InChI=1S/C30H30O7/c1-32-24-13-18(14-25(33-2)29(24)36-5)11-21-17-20-9-7-8-10-22(20)23(28(21)31)12-19-15-26(34-3)30(37-6)27(16-19)35-4/h7-16H,17H2,1-6H3/b21-11+,23-12+. The van der Waals surface area contributed by atoms with Crippen LogP contribution in [0.15, 0.2) is 54.1 Å². The Labute approximate surface area is 216 Å². The molecule has 7 heteroatoms. The van der Waals surface area contributed by atoms with Gasteiger partial charge in [0.15, 0.2) is 28.8 Å². The van der Waals surface area contributed by atoms with E-state index in [1.54, 1.807) is 42.7 Å². The van der Waals surface area contributed by atoms with Crippen LogP contribution in [0.5, 0.6) is 34.5 Å². The van der Waals surface area contributed by atoms with E-state index >= 15 is 0 Å². The van der Waals surface area contributed by atoms with E-state index in [1.165, 1.54) is 0 Å². The Kier molecular flexibility index (Phi) is 7.72. The van der Waals surface area contributed by atoms with Crippen molar-refractivity contribution < 1.29 is 33.2 Å². The van der Waals surface area contributed by atoms with Crippen LogP contribution in [0, 0.1) is 0 Å². The molecule has 0 bridgehead atoms. The van der Waals surface area contributed by atoms with Crippen molar-refractivity contribution in [1.29, 1.82) is 0 Å². The number of carbonyl (C=O) groups is 1. The number of benzene rings is 3. The Hall–Kier alpha value is -4.39. The minimum absolute atomic E-state index is 0.0683. The van der Waals surface area contributed by atoms with Gasteiger partial charge in [-0.2, -0.15) is 0 Å². The molecule has 1 aliphatic rings. The Morgan fingerprint density at radius 2 is 1.08 bits per heavy atom. The van der Waals surface area contributed by atoms with Crippen LogP contribution >= 0.6 is 0 Å². The summed E-state index contributed by atoms with van der Waals surface area (Å²) in [4.78, 5) is 13.9.